The van der Waals surface area contributed by atoms with Gasteiger partial charge in [0.2, 0.25) is 0 Å². The van der Waals surface area contributed by atoms with Gasteiger partial charge in [-0.25, -0.2) is 17.6 Å². The second-order valence-corrected chi connectivity index (χ2v) is 12.3. The van der Waals surface area contributed by atoms with E-state index in [4.69, 9.17) is 9.47 Å². The van der Waals surface area contributed by atoms with E-state index in [1.165, 1.54) is 0 Å². The van der Waals surface area contributed by atoms with Gasteiger partial charge in [0, 0.05) is 18.7 Å². The van der Waals surface area contributed by atoms with Crippen LogP contribution in [0.5, 0.6) is 0 Å². The van der Waals surface area contributed by atoms with Crippen LogP contribution in [0.25, 0.3) is 0 Å². The maximum absolute atomic E-state index is 15.0. The molecule has 4 rings (SSSR count). The van der Waals surface area contributed by atoms with Crippen molar-refractivity contribution < 1.29 is 35.8 Å². The fraction of sp³-hybridized carbons (Fsp3) is 1.00. The first-order chi connectivity index (χ1) is 17.0. The second-order valence-electron chi connectivity index (χ2n) is 11.4. The number of hydrogen-bond donors (Lipinski definition) is 0. The van der Waals surface area contributed by atoms with Crippen molar-refractivity contribution >= 4 is 9.24 Å². The molecule has 3 saturated carbocycles. The minimum atomic E-state index is -4.06. The Balaban J connectivity index is 0.00000176. The van der Waals surface area contributed by atoms with Crippen LogP contribution in [0.1, 0.15) is 85.0 Å². The molecule has 0 bridgehead atoms. The van der Waals surface area contributed by atoms with Gasteiger partial charge >= 0.3 is 6.11 Å². The topological polar surface area (TPSA) is 18.5 Å². The van der Waals surface area contributed by atoms with Crippen LogP contribution >= 0.6 is 9.24 Å². The average molecular weight is 547 g/mol. The fourth-order valence-electron chi connectivity index (χ4n) is 6.84. The van der Waals surface area contributed by atoms with Crippen LogP contribution < -0.4 is 0 Å². The van der Waals surface area contributed by atoms with Crippen molar-refractivity contribution in [2.45, 2.75) is 134 Å². The Kier molecular flexibility index (Phi) is 11.3. The van der Waals surface area contributed by atoms with Crippen LogP contribution in [0, 0.1) is 29.6 Å². The van der Waals surface area contributed by atoms with Crippen molar-refractivity contribution in [3.8, 4) is 0 Å². The largest absolute Gasteiger partial charge is 0.378 e. The standard InChI is InChI=1S/C25H39F6O2P.C2H6/c1-13-2-7-21(32-12-13)15-5-3-14(4-6-15)16-8-18(26)23(19(27)9-16)25(30,31)33-17-10-20(28)24(29)22(34)11-17;1-2/h13-24H,2-12,34H2,1H3;1-2H3. The predicted octanol–water partition coefficient (Wildman–Crippen LogP) is 8.03. The van der Waals surface area contributed by atoms with Gasteiger partial charge in [-0.1, -0.05) is 20.8 Å². The molecule has 9 unspecified atom stereocenters. The average Bonchev–Trinajstić information content (AvgIpc) is 2.83. The van der Waals surface area contributed by atoms with Crippen LogP contribution in [0.3, 0.4) is 0 Å². The Labute approximate surface area is 215 Å². The second kappa shape index (κ2) is 13.3. The molecule has 212 valence electrons. The van der Waals surface area contributed by atoms with Gasteiger partial charge in [0.05, 0.1) is 12.2 Å². The van der Waals surface area contributed by atoms with Gasteiger partial charge in [0.1, 0.15) is 30.6 Å². The van der Waals surface area contributed by atoms with E-state index in [2.05, 4.69) is 16.2 Å². The van der Waals surface area contributed by atoms with E-state index < -0.39 is 54.9 Å². The summed E-state index contributed by atoms with van der Waals surface area (Å²) in [5.41, 5.74) is -0.861. The van der Waals surface area contributed by atoms with Crippen LogP contribution in [0.4, 0.5) is 26.3 Å². The first-order valence-corrected chi connectivity index (χ1v) is 14.7. The molecule has 9 heteroatoms. The molecule has 0 aromatic rings. The predicted molar refractivity (Wildman–Crippen MR) is 133 cm³/mol. The Hall–Kier alpha value is -0.0700. The minimum Gasteiger partial charge on any atom is -0.378 e. The molecule has 0 radical (unpaired) electrons. The third kappa shape index (κ3) is 7.31. The van der Waals surface area contributed by atoms with Crippen molar-refractivity contribution in [1.29, 1.82) is 0 Å². The van der Waals surface area contributed by atoms with Crippen molar-refractivity contribution in [3.05, 3.63) is 0 Å². The first-order valence-electron chi connectivity index (χ1n) is 14.0. The molecule has 4 fully saturated rings. The summed E-state index contributed by atoms with van der Waals surface area (Å²) < 4.78 is 98.0. The molecule has 2 nitrogen and oxygen atoms in total. The van der Waals surface area contributed by atoms with Gasteiger partial charge in [-0.3, -0.25) is 0 Å². The first kappa shape index (κ1) is 30.5. The zero-order valence-corrected chi connectivity index (χ0v) is 23.0. The number of hydrogen-bond acceptors (Lipinski definition) is 2. The number of rotatable bonds is 5. The molecule has 36 heavy (non-hydrogen) atoms. The molecule has 0 N–H and O–H groups in total. The number of halogens is 6. The van der Waals surface area contributed by atoms with Gasteiger partial charge in [-0.15, -0.1) is 9.24 Å². The maximum Gasteiger partial charge on any atom is 0.364 e. The van der Waals surface area contributed by atoms with Crippen LogP contribution in [0.2, 0.25) is 0 Å². The summed E-state index contributed by atoms with van der Waals surface area (Å²) in [6, 6.07) is 0. The fourth-order valence-corrected chi connectivity index (χ4v) is 7.38. The third-order valence-corrected chi connectivity index (χ3v) is 9.51. The van der Waals surface area contributed by atoms with Gasteiger partial charge < -0.3 is 9.47 Å². The summed E-state index contributed by atoms with van der Waals surface area (Å²) >= 11 is 0. The van der Waals surface area contributed by atoms with E-state index in [-0.39, 0.29) is 37.2 Å². The molecule has 1 heterocycles. The number of ether oxygens (including phenoxy) is 2. The van der Waals surface area contributed by atoms with Crippen LogP contribution in [0.15, 0.2) is 0 Å². The van der Waals surface area contributed by atoms with Crippen LogP contribution in [-0.2, 0) is 9.47 Å². The summed E-state index contributed by atoms with van der Waals surface area (Å²) in [5, 5.41) is 0. The Morgan fingerprint density at radius 2 is 1.33 bits per heavy atom. The molecular formula is C27H45F6O2P. The molecule has 0 aromatic carbocycles. The Bertz CT molecular complexity index is 632. The molecule has 0 amide bonds. The summed E-state index contributed by atoms with van der Waals surface area (Å²) in [6.45, 7) is 6.97. The number of alkyl halides is 6. The monoisotopic (exact) mass is 546 g/mol. The molecule has 9 atom stereocenters. The van der Waals surface area contributed by atoms with Crippen molar-refractivity contribution in [2.75, 3.05) is 6.61 Å². The summed E-state index contributed by atoms with van der Waals surface area (Å²) in [6.07, 6.45) is -7.85. The van der Waals surface area contributed by atoms with E-state index >= 15 is 8.78 Å². The molecular weight excluding hydrogens is 501 g/mol. The van der Waals surface area contributed by atoms with Gasteiger partial charge in [-0.2, -0.15) is 8.78 Å². The van der Waals surface area contributed by atoms with Gasteiger partial charge in [0.15, 0.2) is 0 Å². The molecule has 3 aliphatic carbocycles. The highest BCUT2D eigenvalue weighted by atomic mass is 31.0. The summed E-state index contributed by atoms with van der Waals surface area (Å²) in [7, 11) is 2.11. The minimum absolute atomic E-state index is 0.105. The van der Waals surface area contributed by atoms with Crippen molar-refractivity contribution in [2.24, 2.45) is 29.6 Å². The maximum atomic E-state index is 15.0. The quantitative estimate of drug-likeness (QED) is 0.257. The SMILES string of the molecule is CC.CC1CCC(C2CCC(C3CC(F)C(C(F)(F)OC4CC(F)C(F)C(P)C4)C(F)C3)CC2)OC1. The smallest absolute Gasteiger partial charge is 0.364 e. The zero-order valence-electron chi connectivity index (χ0n) is 21.9. The highest BCUT2D eigenvalue weighted by Crippen LogP contribution is 2.49. The highest BCUT2D eigenvalue weighted by Gasteiger charge is 2.56. The van der Waals surface area contributed by atoms with Gasteiger partial charge in [-0.05, 0) is 81.5 Å². The summed E-state index contributed by atoms with van der Waals surface area (Å²) in [4.78, 5) is 0. The molecule has 1 saturated heterocycles. The summed E-state index contributed by atoms with van der Waals surface area (Å²) in [5.74, 6) is -1.27. The lowest BCUT2D eigenvalue weighted by atomic mass is 9.67. The van der Waals surface area contributed by atoms with E-state index in [9.17, 15) is 17.6 Å². The van der Waals surface area contributed by atoms with E-state index in [0.717, 1.165) is 45.1 Å². The molecule has 0 aromatic heterocycles. The zero-order chi connectivity index (χ0) is 26.6. The normalized spacial score (nSPS) is 46.5. The van der Waals surface area contributed by atoms with Crippen molar-refractivity contribution in [3.63, 3.8) is 0 Å². The van der Waals surface area contributed by atoms with Gasteiger partial charge in [0.25, 0.3) is 0 Å². The Morgan fingerprint density at radius 1 is 0.750 bits per heavy atom. The lowest BCUT2D eigenvalue weighted by Crippen LogP contribution is -2.51. The van der Waals surface area contributed by atoms with E-state index in [1.807, 2.05) is 13.8 Å². The van der Waals surface area contributed by atoms with Crippen LogP contribution in [-0.4, -0.2) is 55.3 Å². The Morgan fingerprint density at radius 3 is 1.86 bits per heavy atom. The lowest BCUT2D eigenvalue weighted by Gasteiger charge is -2.44. The lowest BCUT2D eigenvalue weighted by molar-refractivity contribution is -0.321. The highest BCUT2D eigenvalue weighted by molar-refractivity contribution is 7.17. The van der Waals surface area contributed by atoms with Crippen molar-refractivity contribution in [1.82, 2.24) is 0 Å². The van der Waals surface area contributed by atoms with E-state index in [0.29, 0.717) is 11.8 Å². The third-order valence-electron chi connectivity index (χ3n) is 8.87. The molecule has 1 aliphatic heterocycles. The molecule has 0 spiro atoms. The van der Waals surface area contributed by atoms with E-state index in [1.54, 1.807) is 0 Å². The molecule has 4 aliphatic rings.